The topological polar surface area (TPSA) is 91.7 Å². The fraction of sp³-hybridized carbons (Fsp3) is 0. The summed E-state index contributed by atoms with van der Waals surface area (Å²) in [4.78, 5) is 31.4. The second-order valence-electron chi connectivity index (χ2n) is 2.78. The van der Waals surface area contributed by atoms with Crippen LogP contribution < -0.4 is 0 Å². The van der Waals surface area contributed by atoms with E-state index < -0.39 is 11.9 Å². The molecule has 80 valence electrons. The minimum Gasteiger partial charge on any atom is -0.478 e. The SMILES string of the molecule is O=Cc1cc(C(=O)O)ccc1C#CC(=O)O. The van der Waals surface area contributed by atoms with Crippen molar-refractivity contribution < 1.29 is 24.6 Å². The van der Waals surface area contributed by atoms with Crippen LogP contribution in [-0.2, 0) is 4.79 Å². The van der Waals surface area contributed by atoms with E-state index >= 15 is 0 Å². The van der Waals surface area contributed by atoms with Crippen molar-refractivity contribution in [2.75, 3.05) is 0 Å². The van der Waals surface area contributed by atoms with Crippen LogP contribution in [0.15, 0.2) is 18.2 Å². The molecule has 5 heteroatoms. The summed E-state index contributed by atoms with van der Waals surface area (Å²) < 4.78 is 0. The number of aromatic carboxylic acids is 1. The third-order valence-corrected chi connectivity index (χ3v) is 1.73. The molecule has 16 heavy (non-hydrogen) atoms. The Balaban J connectivity index is 3.23. The zero-order valence-electron chi connectivity index (χ0n) is 7.93. The van der Waals surface area contributed by atoms with Gasteiger partial charge < -0.3 is 10.2 Å². The van der Waals surface area contributed by atoms with Crippen LogP contribution in [0.4, 0.5) is 0 Å². The van der Waals surface area contributed by atoms with Gasteiger partial charge in [0.1, 0.15) is 0 Å². The maximum absolute atomic E-state index is 10.6. The first-order valence-electron chi connectivity index (χ1n) is 4.12. The maximum atomic E-state index is 10.6. The molecule has 0 atom stereocenters. The Bertz CT molecular complexity index is 519. The van der Waals surface area contributed by atoms with Crippen LogP contribution in [0.2, 0.25) is 0 Å². The molecule has 0 radical (unpaired) electrons. The molecule has 2 N–H and O–H groups in total. The standard InChI is InChI=1S/C11H6O5/c12-6-9-5-8(11(15)16)2-1-7(9)3-4-10(13)14/h1-2,5-6H,(H,13,14)(H,15,16). The number of hydrogen-bond donors (Lipinski definition) is 2. The molecule has 0 aliphatic rings. The molecule has 0 aliphatic heterocycles. The van der Waals surface area contributed by atoms with Crippen LogP contribution >= 0.6 is 0 Å². The van der Waals surface area contributed by atoms with Crippen molar-refractivity contribution in [1.82, 2.24) is 0 Å². The number of carboxylic acid groups (broad SMARTS) is 2. The third-order valence-electron chi connectivity index (χ3n) is 1.73. The van der Waals surface area contributed by atoms with Crippen molar-refractivity contribution in [3.8, 4) is 11.8 Å². The lowest BCUT2D eigenvalue weighted by atomic mass is 10.1. The summed E-state index contributed by atoms with van der Waals surface area (Å²) in [6, 6.07) is 3.69. The van der Waals surface area contributed by atoms with E-state index in [4.69, 9.17) is 10.2 Å². The number of rotatable bonds is 2. The van der Waals surface area contributed by atoms with Gasteiger partial charge in [0.15, 0.2) is 6.29 Å². The van der Waals surface area contributed by atoms with Gasteiger partial charge in [-0.05, 0) is 18.2 Å². The summed E-state index contributed by atoms with van der Waals surface area (Å²) in [5.74, 6) is 1.62. The zero-order valence-corrected chi connectivity index (χ0v) is 7.93. The van der Waals surface area contributed by atoms with Gasteiger partial charge in [0.25, 0.3) is 0 Å². The third kappa shape index (κ3) is 2.69. The summed E-state index contributed by atoms with van der Waals surface area (Å²) in [7, 11) is 0. The molecule has 0 unspecified atom stereocenters. The average Bonchev–Trinajstić information content (AvgIpc) is 2.25. The lowest BCUT2D eigenvalue weighted by molar-refractivity contribution is -0.130. The van der Waals surface area contributed by atoms with E-state index in [-0.39, 0.29) is 16.7 Å². The van der Waals surface area contributed by atoms with Crippen molar-refractivity contribution in [1.29, 1.82) is 0 Å². The molecule has 0 amide bonds. The Labute approximate surface area is 90.3 Å². The van der Waals surface area contributed by atoms with Gasteiger partial charge in [0.2, 0.25) is 0 Å². The minimum absolute atomic E-state index is 0.0497. The Morgan fingerprint density at radius 3 is 2.44 bits per heavy atom. The maximum Gasteiger partial charge on any atom is 0.382 e. The molecule has 0 heterocycles. The predicted molar refractivity (Wildman–Crippen MR) is 53.3 cm³/mol. The van der Waals surface area contributed by atoms with E-state index in [9.17, 15) is 14.4 Å². The highest BCUT2D eigenvalue weighted by Gasteiger charge is 2.06. The Hall–Kier alpha value is -2.61. The molecule has 0 bridgehead atoms. The molecule has 0 spiro atoms. The van der Waals surface area contributed by atoms with Gasteiger partial charge in [-0.3, -0.25) is 4.79 Å². The van der Waals surface area contributed by atoms with Gasteiger partial charge in [-0.15, -0.1) is 0 Å². The van der Waals surface area contributed by atoms with Crippen LogP contribution in [0.25, 0.3) is 0 Å². The highest BCUT2D eigenvalue weighted by atomic mass is 16.4. The van der Waals surface area contributed by atoms with Crippen molar-refractivity contribution >= 4 is 18.2 Å². The monoisotopic (exact) mass is 218 g/mol. The van der Waals surface area contributed by atoms with Gasteiger partial charge >= 0.3 is 11.9 Å². The number of carbonyl (C=O) groups excluding carboxylic acids is 1. The quantitative estimate of drug-likeness (QED) is 0.561. The van der Waals surface area contributed by atoms with E-state index in [1.807, 2.05) is 5.92 Å². The first-order valence-corrected chi connectivity index (χ1v) is 4.12. The second kappa shape index (κ2) is 4.75. The molecule has 0 saturated carbocycles. The largest absolute Gasteiger partial charge is 0.478 e. The molecular weight excluding hydrogens is 212 g/mol. The van der Waals surface area contributed by atoms with Crippen molar-refractivity contribution in [3.63, 3.8) is 0 Å². The lowest BCUT2D eigenvalue weighted by Gasteiger charge is -1.98. The van der Waals surface area contributed by atoms with Crippen LogP contribution in [0.5, 0.6) is 0 Å². The van der Waals surface area contributed by atoms with Crippen LogP contribution in [-0.4, -0.2) is 28.4 Å². The molecule has 0 fully saturated rings. The molecule has 5 nitrogen and oxygen atoms in total. The summed E-state index contributed by atoms with van der Waals surface area (Å²) in [5.41, 5.74) is 0.180. The predicted octanol–water partition coefficient (Wildman–Crippen LogP) is 0.633. The molecule has 1 rings (SSSR count). The summed E-state index contributed by atoms with van der Waals surface area (Å²) >= 11 is 0. The first kappa shape index (κ1) is 11.5. The lowest BCUT2D eigenvalue weighted by Crippen LogP contribution is -1.99. The van der Waals surface area contributed by atoms with Crippen LogP contribution in [0.3, 0.4) is 0 Å². The van der Waals surface area contributed by atoms with Gasteiger partial charge in [-0.2, -0.15) is 0 Å². The van der Waals surface area contributed by atoms with Crippen molar-refractivity contribution in [2.24, 2.45) is 0 Å². The summed E-state index contributed by atoms with van der Waals surface area (Å²) in [6.07, 6.45) is 0.429. The smallest absolute Gasteiger partial charge is 0.382 e. The van der Waals surface area contributed by atoms with Gasteiger partial charge in [-0.1, -0.05) is 5.92 Å². The van der Waals surface area contributed by atoms with Crippen molar-refractivity contribution in [2.45, 2.75) is 0 Å². The van der Waals surface area contributed by atoms with Gasteiger partial charge in [0.05, 0.1) is 5.56 Å². The Morgan fingerprint density at radius 2 is 1.94 bits per heavy atom. The fourth-order valence-electron chi connectivity index (χ4n) is 1.03. The molecular formula is C11H6O5. The minimum atomic E-state index is -1.32. The Kier molecular flexibility index (Phi) is 3.41. The number of aldehydes is 1. The van der Waals surface area contributed by atoms with E-state index in [0.717, 1.165) is 6.07 Å². The highest BCUT2D eigenvalue weighted by molar-refractivity contribution is 5.92. The Morgan fingerprint density at radius 1 is 1.25 bits per heavy atom. The van der Waals surface area contributed by atoms with Gasteiger partial charge in [0, 0.05) is 17.0 Å². The fourth-order valence-corrected chi connectivity index (χ4v) is 1.03. The molecule has 0 saturated heterocycles. The van der Waals surface area contributed by atoms with E-state index in [2.05, 4.69) is 5.92 Å². The van der Waals surface area contributed by atoms with Crippen LogP contribution in [0.1, 0.15) is 26.3 Å². The van der Waals surface area contributed by atoms with E-state index in [0.29, 0.717) is 6.29 Å². The van der Waals surface area contributed by atoms with E-state index in [1.165, 1.54) is 12.1 Å². The second-order valence-corrected chi connectivity index (χ2v) is 2.78. The molecule has 1 aromatic carbocycles. The van der Waals surface area contributed by atoms with E-state index in [1.54, 1.807) is 0 Å². The zero-order chi connectivity index (χ0) is 12.1. The number of carboxylic acids is 2. The average molecular weight is 218 g/mol. The summed E-state index contributed by atoms with van der Waals surface area (Å²) in [5, 5.41) is 17.0. The molecule has 0 aromatic heterocycles. The number of hydrogen-bond acceptors (Lipinski definition) is 3. The normalized spacial score (nSPS) is 8.75. The molecule has 0 aliphatic carbocycles. The first-order chi connectivity index (χ1) is 7.54. The van der Waals surface area contributed by atoms with Gasteiger partial charge in [-0.25, -0.2) is 9.59 Å². The van der Waals surface area contributed by atoms with Crippen LogP contribution in [0, 0.1) is 11.8 Å². The van der Waals surface area contributed by atoms with Crippen molar-refractivity contribution in [3.05, 3.63) is 34.9 Å². The molecule has 1 aromatic rings. The number of carbonyl (C=O) groups is 3. The highest BCUT2D eigenvalue weighted by Crippen LogP contribution is 2.09. The summed E-state index contributed by atoms with van der Waals surface area (Å²) in [6.45, 7) is 0. The number of benzene rings is 1. The number of aliphatic carboxylic acids is 1.